The van der Waals surface area contributed by atoms with Crippen LogP contribution in [-0.2, 0) is 9.53 Å². The third-order valence-electron chi connectivity index (χ3n) is 4.46. The summed E-state index contributed by atoms with van der Waals surface area (Å²) in [5.41, 5.74) is 4.71. The first-order valence-electron chi connectivity index (χ1n) is 7.22. The first-order valence-corrected chi connectivity index (χ1v) is 7.22. The molecule has 1 unspecified atom stereocenters. The van der Waals surface area contributed by atoms with Crippen LogP contribution in [0.3, 0.4) is 0 Å². The maximum Gasteiger partial charge on any atom is 0.234 e. The van der Waals surface area contributed by atoms with Gasteiger partial charge in [0.05, 0.1) is 5.60 Å². The quantitative estimate of drug-likeness (QED) is 0.314. The van der Waals surface area contributed by atoms with E-state index in [1.54, 1.807) is 0 Å². The minimum absolute atomic E-state index is 0.0272. The predicted octanol–water partition coefficient (Wildman–Crippen LogP) is 1.22. The van der Waals surface area contributed by atoms with Crippen molar-refractivity contribution in [2.45, 2.75) is 58.1 Å². The molecule has 0 aromatic rings. The van der Waals surface area contributed by atoms with Crippen molar-refractivity contribution in [2.75, 3.05) is 6.61 Å². The summed E-state index contributed by atoms with van der Waals surface area (Å²) in [6.45, 7) is 6.75. The second-order valence-corrected chi connectivity index (χ2v) is 6.85. The van der Waals surface area contributed by atoms with Crippen LogP contribution in [0.4, 0.5) is 0 Å². The molecule has 1 aliphatic heterocycles. The van der Waals surface area contributed by atoms with Crippen LogP contribution in [0.15, 0.2) is 5.16 Å². The fraction of sp³-hybridized carbons (Fsp3) is 0.857. The smallest absolute Gasteiger partial charge is 0.234 e. The standard InChI is InChI=1S/C14H25N3O3/c1-9-6-14(7-9,11(15)17-19)12(18)16-10-4-5-20-13(2,3)8-10/h9-10,19H,4-8H2,1-3H3,(H2,15,17)(H,16,18). The number of rotatable bonds is 3. The molecule has 0 bridgehead atoms. The van der Waals surface area contributed by atoms with E-state index in [0.717, 1.165) is 12.8 Å². The number of amides is 1. The van der Waals surface area contributed by atoms with Crippen molar-refractivity contribution in [3.63, 3.8) is 0 Å². The van der Waals surface area contributed by atoms with Gasteiger partial charge in [-0.3, -0.25) is 4.79 Å². The Hall–Kier alpha value is -1.30. The van der Waals surface area contributed by atoms with Gasteiger partial charge in [0.15, 0.2) is 5.84 Å². The van der Waals surface area contributed by atoms with Gasteiger partial charge < -0.3 is 21.0 Å². The second-order valence-electron chi connectivity index (χ2n) is 6.85. The van der Waals surface area contributed by atoms with Crippen LogP contribution in [-0.4, -0.2) is 35.2 Å². The number of oxime groups is 1. The van der Waals surface area contributed by atoms with Crippen molar-refractivity contribution < 1.29 is 14.7 Å². The van der Waals surface area contributed by atoms with Crippen molar-refractivity contribution in [3.8, 4) is 0 Å². The number of nitrogens with one attached hydrogen (secondary N) is 1. The molecule has 2 fully saturated rings. The molecular weight excluding hydrogens is 258 g/mol. The zero-order valence-electron chi connectivity index (χ0n) is 12.5. The monoisotopic (exact) mass is 283 g/mol. The largest absolute Gasteiger partial charge is 0.409 e. The molecule has 6 nitrogen and oxygen atoms in total. The Morgan fingerprint density at radius 2 is 2.05 bits per heavy atom. The second kappa shape index (κ2) is 5.24. The Bertz CT molecular complexity index is 414. The van der Waals surface area contributed by atoms with Gasteiger partial charge in [-0.1, -0.05) is 12.1 Å². The molecule has 2 aliphatic rings. The summed E-state index contributed by atoms with van der Waals surface area (Å²) in [5.74, 6) is 0.334. The van der Waals surface area contributed by atoms with E-state index in [9.17, 15) is 4.79 Å². The van der Waals surface area contributed by atoms with Crippen molar-refractivity contribution in [3.05, 3.63) is 0 Å². The molecule has 1 heterocycles. The number of nitrogens with two attached hydrogens (primary N) is 1. The highest BCUT2D eigenvalue weighted by Crippen LogP contribution is 2.46. The molecule has 6 heteroatoms. The lowest BCUT2D eigenvalue weighted by Crippen LogP contribution is -2.59. The summed E-state index contributed by atoms with van der Waals surface area (Å²) in [4.78, 5) is 12.5. The number of carbonyl (C=O) groups is 1. The predicted molar refractivity (Wildman–Crippen MR) is 75.4 cm³/mol. The molecule has 114 valence electrons. The van der Waals surface area contributed by atoms with E-state index in [0.29, 0.717) is 25.4 Å². The third kappa shape index (κ3) is 2.75. The summed E-state index contributed by atoms with van der Waals surface area (Å²) >= 11 is 0. The molecule has 0 aromatic carbocycles. The van der Waals surface area contributed by atoms with Crippen LogP contribution in [0.5, 0.6) is 0 Å². The van der Waals surface area contributed by atoms with E-state index < -0.39 is 5.41 Å². The Morgan fingerprint density at radius 3 is 2.55 bits per heavy atom. The lowest BCUT2D eigenvalue weighted by atomic mass is 9.61. The topological polar surface area (TPSA) is 96.9 Å². The Kier molecular flexibility index (Phi) is 3.95. The van der Waals surface area contributed by atoms with Gasteiger partial charge in [0.25, 0.3) is 0 Å². The van der Waals surface area contributed by atoms with E-state index in [4.69, 9.17) is 15.7 Å². The maximum atomic E-state index is 12.5. The van der Waals surface area contributed by atoms with Gasteiger partial charge in [-0.25, -0.2) is 0 Å². The molecule has 4 N–H and O–H groups in total. The summed E-state index contributed by atoms with van der Waals surface area (Å²) in [5, 5.41) is 15.1. The van der Waals surface area contributed by atoms with E-state index >= 15 is 0 Å². The van der Waals surface area contributed by atoms with Crippen LogP contribution in [0.25, 0.3) is 0 Å². The third-order valence-corrected chi connectivity index (χ3v) is 4.46. The molecule has 1 saturated heterocycles. The number of amidine groups is 1. The number of nitrogens with zero attached hydrogens (tertiary/aromatic N) is 1. The lowest BCUT2D eigenvalue weighted by molar-refractivity contribution is -0.136. The molecule has 2 rings (SSSR count). The molecule has 0 radical (unpaired) electrons. The summed E-state index contributed by atoms with van der Waals surface area (Å²) in [7, 11) is 0. The van der Waals surface area contributed by atoms with Crippen molar-refractivity contribution in [1.29, 1.82) is 0 Å². The highest BCUT2D eigenvalue weighted by atomic mass is 16.5. The number of hydrogen-bond acceptors (Lipinski definition) is 4. The van der Waals surface area contributed by atoms with E-state index in [2.05, 4.69) is 17.4 Å². The van der Waals surface area contributed by atoms with Crippen molar-refractivity contribution in [2.24, 2.45) is 22.2 Å². The molecule has 1 atom stereocenters. The Morgan fingerprint density at radius 1 is 1.40 bits per heavy atom. The fourth-order valence-electron chi connectivity index (χ4n) is 3.42. The Balaban J connectivity index is 2.03. The normalized spacial score (nSPS) is 37.0. The average molecular weight is 283 g/mol. The van der Waals surface area contributed by atoms with E-state index in [-0.39, 0.29) is 23.4 Å². The summed E-state index contributed by atoms with van der Waals surface area (Å²) in [6.07, 6.45) is 2.86. The first kappa shape index (κ1) is 15.1. The molecule has 1 amide bonds. The molecule has 0 aromatic heterocycles. The van der Waals surface area contributed by atoms with Gasteiger partial charge in [0.2, 0.25) is 5.91 Å². The van der Waals surface area contributed by atoms with Crippen LogP contribution < -0.4 is 11.1 Å². The highest BCUT2D eigenvalue weighted by molar-refractivity contribution is 6.07. The molecule has 20 heavy (non-hydrogen) atoms. The van der Waals surface area contributed by atoms with Crippen LogP contribution >= 0.6 is 0 Å². The first-order chi connectivity index (χ1) is 9.29. The molecular formula is C14H25N3O3. The van der Waals surface area contributed by atoms with Crippen molar-refractivity contribution in [1.82, 2.24) is 5.32 Å². The number of ether oxygens (including phenoxy) is 1. The van der Waals surface area contributed by atoms with E-state index in [1.165, 1.54) is 0 Å². The minimum atomic E-state index is -0.823. The maximum absolute atomic E-state index is 12.5. The van der Waals surface area contributed by atoms with Gasteiger partial charge in [-0.05, 0) is 45.4 Å². The SMILES string of the molecule is CC1CC(C(=O)NC2CCOC(C)(C)C2)(C(N)=NO)C1. The Labute approximate surface area is 119 Å². The zero-order chi connectivity index (χ0) is 15.0. The molecule has 1 aliphatic carbocycles. The molecule has 0 spiro atoms. The van der Waals surface area contributed by atoms with Crippen molar-refractivity contribution >= 4 is 11.7 Å². The van der Waals surface area contributed by atoms with E-state index in [1.807, 2.05) is 13.8 Å². The van der Waals surface area contributed by atoms with Gasteiger partial charge in [-0.2, -0.15) is 0 Å². The highest BCUT2D eigenvalue weighted by Gasteiger charge is 2.52. The molecule has 1 saturated carbocycles. The fourth-order valence-corrected chi connectivity index (χ4v) is 3.42. The van der Waals surface area contributed by atoms with Gasteiger partial charge >= 0.3 is 0 Å². The van der Waals surface area contributed by atoms with Gasteiger partial charge in [0.1, 0.15) is 5.41 Å². The number of hydrogen-bond donors (Lipinski definition) is 3. The number of carbonyl (C=O) groups excluding carboxylic acids is 1. The summed E-state index contributed by atoms with van der Waals surface area (Å²) in [6, 6.07) is 0.0884. The van der Waals surface area contributed by atoms with Gasteiger partial charge in [0, 0.05) is 12.6 Å². The summed E-state index contributed by atoms with van der Waals surface area (Å²) < 4.78 is 5.65. The van der Waals surface area contributed by atoms with Crippen LogP contribution in [0.1, 0.15) is 46.5 Å². The average Bonchev–Trinajstić information content (AvgIpc) is 2.32. The van der Waals surface area contributed by atoms with Crippen LogP contribution in [0.2, 0.25) is 0 Å². The zero-order valence-corrected chi connectivity index (χ0v) is 12.5. The minimum Gasteiger partial charge on any atom is -0.409 e. The van der Waals surface area contributed by atoms with Crippen LogP contribution in [0, 0.1) is 11.3 Å². The lowest BCUT2D eigenvalue weighted by Gasteiger charge is -2.45. The van der Waals surface area contributed by atoms with Gasteiger partial charge in [-0.15, -0.1) is 0 Å².